The predicted molar refractivity (Wildman–Crippen MR) is 99.1 cm³/mol. The zero-order chi connectivity index (χ0) is 18.4. The van der Waals surface area contributed by atoms with E-state index >= 15 is 0 Å². The fraction of sp³-hybridized carbons (Fsp3) is 0.611. The highest BCUT2D eigenvalue weighted by Crippen LogP contribution is 2.19. The smallest absolute Gasteiger partial charge is 0.253 e. The van der Waals surface area contributed by atoms with Crippen LogP contribution in [0.2, 0.25) is 0 Å². The Morgan fingerprint density at radius 2 is 1.84 bits per heavy atom. The topological polar surface area (TPSA) is 78.5 Å². The van der Waals surface area contributed by atoms with E-state index in [1.54, 1.807) is 12.1 Å². The third-order valence-corrected chi connectivity index (χ3v) is 6.38. The van der Waals surface area contributed by atoms with Gasteiger partial charge in [-0.2, -0.15) is 0 Å². The van der Waals surface area contributed by atoms with Crippen LogP contribution in [0, 0.1) is 5.92 Å². The minimum Gasteiger partial charge on any atom is -0.339 e. The second kappa shape index (κ2) is 8.78. The summed E-state index contributed by atoms with van der Waals surface area (Å²) in [5.41, 5.74) is 0.537. The molecular weight excluding hydrogens is 338 g/mol. The van der Waals surface area contributed by atoms with Crippen molar-refractivity contribution in [3.63, 3.8) is 0 Å². The monoisotopic (exact) mass is 367 g/mol. The van der Waals surface area contributed by atoms with Crippen LogP contribution in [0.15, 0.2) is 29.2 Å². The number of sulfonamides is 1. The van der Waals surface area contributed by atoms with Crippen LogP contribution in [-0.2, 0) is 10.0 Å². The third-order valence-electron chi connectivity index (χ3n) is 4.77. The van der Waals surface area contributed by atoms with E-state index in [2.05, 4.69) is 10.0 Å². The lowest BCUT2D eigenvalue weighted by atomic mass is 9.96. The number of amides is 1. The van der Waals surface area contributed by atoms with Crippen molar-refractivity contribution >= 4 is 15.9 Å². The SMILES string of the molecule is CCC(C)NS(=O)(=O)c1ccc(C(=O)N2CCC(CNC)CC2)cc1. The molecule has 0 bridgehead atoms. The molecular formula is C18H29N3O3S. The Hall–Kier alpha value is -1.44. The normalized spacial score (nSPS) is 17.5. The van der Waals surface area contributed by atoms with Crippen LogP contribution in [0.3, 0.4) is 0 Å². The molecule has 1 fully saturated rings. The predicted octanol–water partition coefficient (Wildman–Crippen LogP) is 1.83. The van der Waals surface area contributed by atoms with Gasteiger partial charge in [0.2, 0.25) is 10.0 Å². The maximum absolute atomic E-state index is 12.6. The van der Waals surface area contributed by atoms with Gasteiger partial charge >= 0.3 is 0 Å². The lowest BCUT2D eigenvalue weighted by Crippen LogP contribution is -2.40. The number of piperidine rings is 1. The van der Waals surface area contributed by atoms with E-state index < -0.39 is 10.0 Å². The molecule has 0 radical (unpaired) electrons. The molecule has 0 aliphatic carbocycles. The first-order valence-corrected chi connectivity index (χ1v) is 10.4. The molecule has 2 rings (SSSR count). The lowest BCUT2D eigenvalue weighted by molar-refractivity contribution is 0.0691. The lowest BCUT2D eigenvalue weighted by Gasteiger charge is -2.32. The molecule has 25 heavy (non-hydrogen) atoms. The van der Waals surface area contributed by atoms with Crippen LogP contribution in [0.25, 0.3) is 0 Å². The Balaban J connectivity index is 2.01. The van der Waals surface area contributed by atoms with Gasteiger partial charge in [-0.3, -0.25) is 4.79 Å². The van der Waals surface area contributed by atoms with Gasteiger partial charge in [0.15, 0.2) is 0 Å². The minimum atomic E-state index is -3.53. The molecule has 1 atom stereocenters. The van der Waals surface area contributed by atoms with E-state index in [1.165, 1.54) is 12.1 Å². The van der Waals surface area contributed by atoms with Crippen molar-refractivity contribution in [3.05, 3.63) is 29.8 Å². The maximum Gasteiger partial charge on any atom is 0.253 e. The average molecular weight is 368 g/mol. The molecule has 1 aliphatic rings. The van der Waals surface area contributed by atoms with Gasteiger partial charge in [-0.25, -0.2) is 13.1 Å². The van der Waals surface area contributed by atoms with Crippen molar-refractivity contribution in [2.75, 3.05) is 26.7 Å². The Morgan fingerprint density at radius 3 is 2.36 bits per heavy atom. The van der Waals surface area contributed by atoms with E-state index in [-0.39, 0.29) is 16.8 Å². The van der Waals surface area contributed by atoms with Gasteiger partial charge in [-0.15, -0.1) is 0 Å². The molecule has 0 spiro atoms. The molecule has 1 unspecified atom stereocenters. The van der Waals surface area contributed by atoms with Crippen LogP contribution in [0.5, 0.6) is 0 Å². The summed E-state index contributed by atoms with van der Waals surface area (Å²) in [4.78, 5) is 14.6. The van der Waals surface area contributed by atoms with Crippen molar-refractivity contribution < 1.29 is 13.2 Å². The molecule has 1 heterocycles. The standard InChI is InChI=1S/C18H29N3O3S/c1-4-14(2)20-25(23,24)17-7-5-16(6-8-17)18(22)21-11-9-15(10-12-21)13-19-3/h5-8,14-15,19-20H,4,9-13H2,1-3H3. The molecule has 140 valence electrons. The van der Waals surface area contributed by atoms with Crippen molar-refractivity contribution in [3.8, 4) is 0 Å². The number of carbonyl (C=O) groups is 1. The van der Waals surface area contributed by atoms with Crippen LogP contribution in [-0.4, -0.2) is 51.9 Å². The summed E-state index contributed by atoms with van der Waals surface area (Å²) in [6.07, 6.45) is 2.72. The van der Waals surface area contributed by atoms with Crippen LogP contribution in [0.4, 0.5) is 0 Å². The summed E-state index contributed by atoms with van der Waals surface area (Å²) in [6.45, 7) is 6.24. The van der Waals surface area contributed by atoms with Crippen LogP contribution >= 0.6 is 0 Å². The highest BCUT2D eigenvalue weighted by atomic mass is 32.2. The van der Waals surface area contributed by atoms with Gasteiger partial charge in [0.1, 0.15) is 0 Å². The zero-order valence-corrected chi connectivity index (χ0v) is 16.1. The van der Waals surface area contributed by atoms with E-state index in [0.29, 0.717) is 11.5 Å². The summed E-state index contributed by atoms with van der Waals surface area (Å²) in [5.74, 6) is 0.593. The molecule has 1 aromatic rings. The first kappa shape index (κ1) is 19.9. The molecule has 1 aromatic carbocycles. The summed E-state index contributed by atoms with van der Waals surface area (Å²) >= 11 is 0. The first-order valence-electron chi connectivity index (χ1n) is 8.93. The van der Waals surface area contributed by atoms with Gasteiger partial charge in [-0.1, -0.05) is 6.92 Å². The molecule has 1 aliphatic heterocycles. The van der Waals surface area contributed by atoms with Gasteiger partial charge in [0.25, 0.3) is 5.91 Å². The van der Waals surface area contributed by atoms with Crippen molar-refractivity contribution in [2.45, 2.75) is 44.0 Å². The molecule has 6 nitrogen and oxygen atoms in total. The molecule has 1 amide bonds. The molecule has 1 saturated heterocycles. The van der Waals surface area contributed by atoms with E-state index in [1.807, 2.05) is 25.8 Å². The fourth-order valence-corrected chi connectivity index (χ4v) is 4.33. The zero-order valence-electron chi connectivity index (χ0n) is 15.3. The third kappa shape index (κ3) is 5.26. The van der Waals surface area contributed by atoms with Crippen molar-refractivity contribution in [1.29, 1.82) is 0 Å². The summed E-state index contributed by atoms with van der Waals surface area (Å²) in [5, 5.41) is 3.18. The Labute approximate surface area is 151 Å². The second-order valence-electron chi connectivity index (χ2n) is 6.75. The maximum atomic E-state index is 12.6. The van der Waals surface area contributed by atoms with Gasteiger partial charge in [-0.05, 0) is 70.0 Å². The number of rotatable bonds is 7. The first-order chi connectivity index (χ1) is 11.9. The molecule has 2 N–H and O–H groups in total. The second-order valence-corrected chi connectivity index (χ2v) is 8.46. The van der Waals surface area contributed by atoms with Gasteiger partial charge < -0.3 is 10.2 Å². The highest BCUT2D eigenvalue weighted by molar-refractivity contribution is 7.89. The summed E-state index contributed by atoms with van der Waals surface area (Å²) in [6, 6.07) is 6.10. The quantitative estimate of drug-likeness (QED) is 0.771. The molecule has 7 heteroatoms. The van der Waals surface area contributed by atoms with E-state index in [0.717, 1.165) is 38.9 Å². The number of nitrogens with zero attached hydrogens (tertiary/aromatic N) is 1. The Kier molecular flexibility index (Phi) is 6.98. The Bertz CT molecular complexity index is 665. The van der Waals surface area contributed by atoms with E-state index in [4.69, 9.17) is 0 Å². The minimum absolute atomic E-state index is 0.0262. The van der Waals surface area contributed by atoms with Crippen molar-refractivity contribution in [2.24, 2.45) is 5.92 Å². The van der Waals surface area contributed by atoms with E-state index in [9.17, 15) is 13.2 Å². The summed E-state index contributed by atoms with van der Waals surface area (Å²) in [7, 11) is -1.59. The largest absolute Gasteiger partial charge is 0.339 e. The number of likely N-dealkylation sites (tertiary alicyclic amines) is 1. The van der Waals surface area contributed by atoms with Gasteiger partial charge in [0.05, 0.1) is 4.90 Å². The van der Waals surface area contributed by atoms with Crippen LogP contribution in [0.1, 0.15) is 43.5 Å². The number of carbonyl (C=O) groups excluding carboxylic acids is 1. The number of nitrogens with one attached hydrogen (secondary N) is 2. The Morgan fingerprint density at radius 1 is 1.24 bits per heavy atom. The van der Waals surface area contributed by atoms with Crippen molar-refractivity contribution in [1.82, 2.24) is 14.9 Å². The number of hydrogen-bond acceptors (Lipinski definition) is 4. The number of hydrogen-bond donors (Lipinski definition) is 2. The highest BCUT2D eigenvalue weighted by Gasteiger charge is 2.24. The molecule has 0 saturated carbocycles. The fourth-order valence-electron chi connectivity index (χ4n) is 3.00. The summed E-state index contributed by atoms with van der Waals surface area (Å²) < 4.78 is 27.2. The average Bonchev–Trinajstić information content (AvgIpc) is 2.61. The van der Waals surface area contributed by atoms with Gasteiger partial charge in [0, 0.05) is 24.7 Å². The van der Waals surface area contributed by atoms with Crippen LogP contribution < -0.4 is 10.0 Å². The number of benzene rings is 1. The molecule has 0 aromatic heterocycles.